The summed E-state index contributed by atoms with van der Waals surface area (Å²) in [5, 5.41) is 1.97. The number of hydrogen-bond donors (Lipinski definition) is 0. The summed E-state index contributed by atoms with van der Waals surface area (Å²) in [5.41, 5.74) is 0.524. The predicted octanol–water partition coefficient (Wildman–Crippen LogP) is 3.26. The molecule has 3 aromatic carbocycles. The monoisotopic (exact) mass is 416 g/mol. The molecule has 1 aliphatic heterocycles. The predicted molar refractivity (Wildman–Crippen MR) is 105 cm³/mol. The lowest BCUT2D eigenvalue weighted by Gasteiger charge is -2.34. The van der Waals surface area contributed by atoms with E-state index in [1.54, 1.807) is 11.0 Å². The Hall–Kier alpha value is -2.84. The van der Waals surface area contributed by atoms with Crippen LogP contribution in [0.5, 0.6) is 0 Å². The van der Waals surface area contributed by atoms with Gasteiger partial charge in [-0.05, 0) is 41.1 Å². The molecule has 0 bridgehead atoms. The van der Waals surface area contributed by atoms with Crippen LogP contribution >= 0.6 is 0 Å². The number of halogens is 2. The molecule has 150 valence electrons. The van der Waals surface area contributed by atoms with Gasteiger partial charge in [0, 0.05) is 31.7 Å². The molecule has 3 aromatic rings. The zero-order valence-corrected chi connectivity index (χ0v) is 16.2. The quantitative estimate of drug-likeness (QED) is 0.659. The van der Waals surface area contributed by atoms with Crippen molar-refractivity contribution >= 4 is 26.7 Å². The van der Waals surface area contributed by atoms with Gasteiger partial charge in [-0.2, -0.15) is 4.31 Å². The van der Waals surface area contributed by atoms with Crippen LogP contribution in [-0.4, -0.2) is 49.7 Å². The fourth-order valence-electron chi connectivity index (χ4n) is 3.45. The van der Waals surface area contributed by atoms with Crippen molar-refractivity contribution < 1.29 is 22.0 Å². The summed E-state index contributed by atoms with van der Waals surface area (Å²) in [6.45, 7) is 0.360. The molecule has 8 heteroatoms. The third kappa shape index (κ3) is 3.73. The molecular formula is C21H18F2N2O3S. The van der Waals surface area contributed by atoms with Crippen molar-refractivity contribution in [2.45, 2.75) is 4.90 Å². The van der Waals surface area contributed by atoms with Crippen LogP contribution < -0.4 is 0 Å². The van der Waals surface area contributed by atoms with Crippen molar-refractivity contribution in [2.75, 3.05) is 26.2 Å². The minimum atomic E-state index is -4.18. The van der Waals surface area contributed by atoms with Crippen molar-refractivity contribution in [3.8, 4) is 0 Å². The summed E-state index contributed by atoms with van der Waals surface area (Å²) in [5.74, 6) is -2.01. The molecule has 0 N–H and O–H groups in total. The van der Waals surface area contributed by atoms with Gasteiger partial charge in [0.1, 0.15) is 16.5 Å². The molecule has 0 aromatic heterocycles. The molecule has 29 heavy (non-hydrogen) atoms. The smallest absolute Gasteiger partial charge is 0.253 e. The highest BCUT2D eigenvalue weighted by Gasteiger charge is 2.32. The molecule has 0 saturated carbocycles. The minimum absolute atomic E-state index is 0.0115. The highest BCUT2D eigenvalue weighted by Crippen LogP contribution is 2.23. The van der Waals surface area contributed by atoms with E-state index in [1.165, 1.54) is 0 Å². The van der Waals surface area contributed by atoms with Gasteiger partial charge in [0.15, 0.2) is 0 Å². The van der Waals surface area contributed by atoms with Gasteiger partial charge >= 0.3 is 0 Å². The van der Waals surface area contributed by atoms with Crippen LogP contribution in [0.2, 0.25) is 0 Å². The lowest BCUT2D eigenvalue weighted by molar-refractivity contribution is 0.0698. The fraction of sp³-hybridized carbons (Fsp3) is 0.190. The molecule has 1 saturated heterocycles. The molecule has 0 spiro atoms. The molecule has 0 unspecified atom stereocenters. The van der Waals surface area contributed by atoms with Crippen LogP contribution in [-0.2, 0) is 10.0 Å². The Bertz CT molecular complexity index is 1190. The second-order valence-electron chi connectivity index (χ2n) is 6.83. The van der Waals surface area contributed by atoms with Gasteiger partial charge in [0.2, 0.25) is 10.0 Å². The molecule has 1 aliphatic rings. The minimum Gasteiger partial charge on any atom is -0.336 e. The Kier molecular flexibility index (Phi) is 5.06. The number of piperazine rings is 1. The molecule has 0 aliphatic carbocycles. The highest BCUT2D eigenvalue weighted by molar-refractivity contribution is 7.89. The van der Waals surface area contributed by atoms with Crippen LogP contribution in [0.3, 0.4) is 0 Å². The van der Waals surface area contributed by atoms with Gasteiger partial charge in [0.05, 0.1) is 0 Å². The van der Waals surface area contributed by atoms with E-state index in [9.17, 15) is 22.0 Å². The van der Waals surface area contributed by atoms with Crippen LogP contribution in [0, 0.1) is 11.6 Å². The fourth-order valence-corrected chi connectivity index (χ4v) is 4.95. The van der Waals surface area contributed by atoms with E-state index in [2.05, 4.69) is 0 Å². The van der Waals surface area contributed by atoms with Crippen molar-refractivity contribution in [3.05, 3.63) is 77.9 Å². The topological polar surface area (TPSA) is 57.7 Å². The van der Waals surface area contributed by atoms with Gasteiger partial charge in [-0.3, -0.25) is 4.79 Å². The molecule has 0 atom stereocenters. The van der Waals surface area contributed by atoms with Crippen molar-refractivity contribution in [3.63, 3.8) is 0 Å². The summed E-state index contributed by atoms with van der Waals surface area (Å²) >= 11 is 0. The number of hydrogen-bond acceptors (Lipinski definition) is 3. The summed E-state index contributed by atoms with van der Waals surface area (Å²) in [7, 11) is -4.18. The summed E-state index contributed by atoms with van der Waals surface area (Å²) in [4.78, 5) is 13.7. The number of nitrogens with zero attached hydrogens (tertiary/aromatic N) is 2. The maximum atomic E-state index is 13.9. The third-order valence-corrected chi connectivity index (χ3v) is 6.95. The zero-order valence-electron chi connectivity index (χ0n) is 15.4. The average molecular weight is 416 g/mol. The number of rotatable bonds is 3. The molecule has 0 radical (unpaired) electrons. The van der Waals surface area contributed by atoms with E-state index in [1.807, 2.05) is 36.4 Å². The Labute approximate surface area is 167 Å². The Balaban J connectivity index is 1.49. The highest BCUT2D eigenvalue weighted by atomic mass is 32.2. The normalized spacial score (nSPS) is 15.6. The first-order valence-electron chi connectivity index (χ1n) is 9.09. The van der Waals surface area contributed by atoms with Gasteiger partial charge in [0.25, 0.3) is 5.91 Å². The van der Waals surface area contributed by atoms with Crippen LogP contribution in [0.4, 0.5) is 8.78 Å². The summed E-state index contributed by atoms with van der Waals surface area (Å²) < 4.78 is 53.8. The average Bonchev–Trinajstić information content (AvgIpc) is 2.74. The first-order chi connectivity index (χ1) is 13.9. The third-order valence-electron chi connectivity index (χ3n) is 5.03. The van der Waals surface area contributed by atoms with E-state index in [0.29, 0.717) is 11.6 Å². The second-order valence-corrected chi connectivity index (χ2v) is 8.74. The van der Waals surface area contributed by atoms with Gasteiger partial charge in [-0.25, -0.2) is 17.2 Å². The lowest BCUT2D eigenvalue weighted by atomic mass is 10.1. The molecule has 1 amide bonds. The molecule has 1 heterocycles. The second kappa shape index (κ2) is 7.53. The van der Waals surface area contributed by atoms with E-state index in [4.69, 9.17) is 0 Å². The van der Waals surface area contributed by atoms with Crippen LogP contribution in [0.15, 0.2) is 65.6 Å². The number of sulfonamides is 1. The number of carbonyl (C=O) groups excluding carboxylic acids is 1. The van der Waals surface area contributed by atoms with Crippen LogP contribution in [0.25, 0.3) is 10.8 Å². The van der Waals surface area contributed by atoms with Crippen molar-refractivity contribution in [1.29, 1.82) is 0 Å². The van der Waals surface area contributed by atoms with Gasteiger partial charge < -0.3 is 4.90 Å². The van der Waals surface area contributed by atoms with Crippen molar-refractivity contribution in [2.24, 2.45) is 0 Å². The first-order valence-corrected chi connectivity index (χ1v) is 10.5. The maximum Gasteiger partial charge on any atom is 0.253 e. The van der Waals surface area contributed by atoms with Crippen LogP contribution in [0.1, 0.15) is 10.4 Å². The van der Waals surface area contributed by atoms with E-state index in [0.717, 1.165) is 27.2 Å². The zero-order chi connectivity index (χ0) is 20.6. The molecular weight excluding hydrogens is 398 g/mol. The number of fused-ring (bicyclic) bond motifs is 1. The standard InChI is InChI=1S/C21H18F2N2O3S/c22-18-7-8-19(23)20(14-18)29(27,28)25-11-9-24(10-12-25)21(26)17-6-5-15-3-1-2-4-16(15)13-17/h1-8,13-14H,9-12H2. The van der Waals surface area contributed by atoms with Gasteiger partial charge in [-0.15, -0.1) is 0 Å². The van der Waals surface area contributed by atoms with Crippen molar-refractivity contribution in [1.82, 2.24) is 9.21 Å². The van der Waals surface area contributed by atoms with E-state index in [-0.39, 0.29) is 32.1 Å². The molecule has 5 nitrogen and oxygen atoms in total. The first kappa shape index (κ1) is 19.5. The summed E-state index contributed by atoms with van der Waals surface area (Å²) in [6, 6.07) is 15.5. The Morgan fingerprint density at radius 2 is 1.52 bits per heavy atom. The molecule has 4 rings (SSSR count). The van der Waals surface area contributed by atoms with Gasteiger partial charge in [-0.1, -0.05) is 30.3 Å². The SMILES string of the molecule is O=C(c1ccc2ccccc2c1)N1CCN(S(=O)(=O)c2cc(F)ccc2F)CC1. The summed E-state index contributed by atoms with van der Waals surface area (Å²) in [6.07, 6.45) is 0. The largest absolute Gasteiger partial charge is 0.336 e. The van der Waals surface area contributed by atoms with E-state index >= 15 is 0 Å². The Morgan fingerprint density at radius 3 is 2.24 bits per heavy atom. The number of amides is 1. The van der Waals surface area contributed by atoms with E-state index < -0.39 is 26.6 Å². The molecule has 1 fully saturated rings. The maximum absolute atomic E-state index is 13.9. The lowest BCUT2D eigenvalue weighted by Crippen LogP contribution is -2.50. The number of benzene rings is 3. The number of carbonyl (C=O) groups is 1. The Morgan fingerprint density at radius 1 is 0.828 bits per heavy atom.